The first kappa shape index (κ1) is 16.0. The van der Waals surface area contributed by atoms with Crippen LogP contribution < -0.4 is 5.32 Å². The van der Waals surface area contributed by atoms with E-state index in [9.17, 15) is 18.0 Å². The highest BCUT2D eigenvalue weighted by atomic mass is 35.5. The van der Waals surface area contributed by atoms with Gasteiger partial charge in [0.1, 0.15) is 0 Å². The Bertz CT molecular complexity index is 577. The molecule has 1 aromatic carbocycles. The number of carbonyl (C=O) groups is 1. The summed E-state index contributed by atoms with van der Waals surface area (Å²) in [7, 11) is 0. The molecule has 1 aliphatic heterocycles. The molecule has 3 nitrogen and oxygen atoms in total. The SMILES string of the molecule is CC(Cl)(Cl)C1NC(=O)C(=Cc2ccc(C(F)(F)F)cc2)O1. The van der Waals surface area contributed by atoms with Gasteiger partial charge in [-0.3, -0.25) is 4.79 Å². The number of halogens is 5. The summed E-state index contributed by atoms with van der Waals surface area (Å²) >= 11 is 11.6. The van der Waals surface area contributed by atoms with Crippen molar-refractivity contribution in [1.29, 1.82) is 0 Å². The van der Waals surface area contributed by atoms with Crippen LogP contribution >= 0.6 is 23.2 Å². The monoisotopic (exact) mass is 339 g/mol. The summed E-state index contributed by atoms with van der Waals surface area (Å²) in [5, 5.41) is 2.43. The van der Waals surface area contributed by atoms with E-state index in [0.29, 0.717) is 5.56 Å². The van der Waals surface area contributed by atoms with E-state index in [2.05, 4.69) is 5.32 Å². The van der Waals surface area contributed by atoms with Crippen molar-refractivity contribution in [3.05, 3.63) is 41.2 Å². The first-order chi connectivity index (χ1) is 9.57. The van der Waals surface area contributed by atoms with Gasteiger partial charge in [-0.1, -0.05) is 35.3 Å². The van der Waals surface area contributed by atoms with Gasteiger partial charge in [-0.25, -0.2) is 0 Å². The molecule has 0 radical (unpaired) electrons. The van der Waals surface area contributed by atoms with Gasteiger partial charge in [-0.2, -0.15) is 13.2 Å². The summed E-state index contributed by atoms with van der Waals surface area (Å²) in [6, 6.07) is 4.31. The van der Waals surface area contributed by atoms with Gasteiger partial charge in [0.15, 0.2) is 10.1 Å². The number of amides is 1. The third-order valence-electron chi connectivity index (χ3n) is 2.73. The number of nitrogens with one attached hydrogen (secondary N) is 1. The second-order valence-electron chi connectivity index (χ2n) is 4.56. The highest BCUT2D eigenvalue weighted by molar-refractivity contribution is 6.48. The first-order valence-electron chi connectivity index (χ1n) is 5.81. The van der Waals surface area contributed by atoms with Gasteiger partial charge in [-0.05, 0) is 30.7 Å². The lowest BCUT2D eigenvalue weighted by atomic mass is 10.1. The number of ether oxygens (including phenoxy) is 1. The Balaban J connectivity index is 2.19. The smallest absolute Gasteiger partial charge is 0.416 e. The fourth-order valence-electron chi connectivity index (χ4n) is 1.65. The normalized spacial score (nSPS) is 21.3. The van der Waals surface area contributed by atoms with E-state index < -0.39 is 28.2 Å². The zero-order chi connectivity index (χ0) is 15.8. The minimum absolute atomic E-state index is 0.0627. The molecule has 1 saturated heterocycles. The van der Waals surface area contributed by atoms with Crippen molar-refractivity contribution in [3.63, 3.8) is 0 Å². The molecule has 8 heteroatoms. The predicted octanol–water partition coefficient (Wildman–Crippen LogP) is 3.71. The Morgan fingerprint density at radius 1 is 1.24 bits per heavy atom. The predicted molar refractivity (Wildman–Crippen MR) is 72.5 cm³/mol. The highest BCUT2D eigenvalue weighted by Gasteiger charge is 2.40. The molecule has 1 aromatic rings. The lowest BCUT2D eigenvalue weighted by Crippen LogP contribution is -2.39. The lowest BCUT2D eigenvalue weighted by Gasteiger charge is -2.20. The van der Waals surface area contributed by atoms with Gasteiger partial charge in [0.25, 0.3) is 5.91 Å². The molecule has 1 N–H and O–H groups in total. The summed E-state index contributed by atoms with van der Waals surface area (Å²) in [4.78, 5) is 11.7. The van der Waals surface area contributed by atoms with Crippen LogP contribution in [0.4, 0.5) is 13.2 Å². The Hall–Kier alpha value is -1.40. The standard InChI is InChI=1S/C13H10Cl2F3NO2/c1-12(14,15)11-19-10(20)9(21-11)6-7-2-4-8(5-3-7)13(16,17)18/h2-6,11H,1H3,(H,19,20). The highest BCUT2D eigenvalue weighted by Crippen LogP contribution is 2.32. The number of benzene rings is 1. The molecule has 21 heavy (non-hydrogen) atoms. The molecule has 1 aliphatic rings. The molecule has 0 aliphatic carbocycles. The second kappa shape index (κ2) is 5.42. The lowest BCUT2D eigenvalue weighted by molar-refractivity contribution is -0.137. The van der Waals surface area contributed by atoms with Crippen LogP contribution in [0.3, 0.4) is 0 Å². The number of hydrogen-bond donors (Lipinski definition) is 1. The maximum Gasteiger partial charge on any atom is 0.416 e. The number of carbonyl (C=O) groups excluding carboxylic acids is 1. The van der Waals surface area contributed by atoms with E-state index in [1.807, 2.05) is 0 Å². The van der Waals surface area contributed by atoms with Crippen LogP contribution in [0, 0.1) is 0 Å². The van der Waals surface area contributed by atoms with E-state index in [1.54, 1.807) is 0 Å². The van der Waals surface area contributed by atoms with Crippen molar-refractivity contribution in [2.75, 3.05) is 0 Å². The zero-order valence-corrected chi connectivity index (χ0v) is 12.2. The quantitative estimate of drug-likeness (QED) is 0.658. The molecule has 1 heterocycles. The Labute approximate surface area is 128 Å². The maximum absolute atomic E-state index is 12.4. The van der Waals surface area contributed by atoms with Crippen molar-refractivity contribution in [3.8, 4) is 0 Å². The molecule has 0 aromatic heterocycles. The van der Waals surface area contributed by atoms with Crippen molar-refractivity contribution in [2.45, 2.75) is 23.7 Å². The summed E-state index contributed by atoms with van der Waals surface area (Å²) in [6.07, 6.45) is -4.01. The molecule has 1 amide bonds. The summed E-state index contributed by atoms with van der Waals surface area (Å²) < 4.78 is 41.2. The molecule has 114 valence electrons. The average Bonchev–Trinajstić information content (AvgIpc) is 2.70. The van der Waals surface area contributed by atoms with Crippen molar-refractivity contribution in [2.24, 2.45) is 0 Å². The van der Waals surface area contributed by atoms with Crippen LogP contribution in [-0.2, 0) is 15.7 Å². The Kier molecular flexibility index (Phi) is 4.13. The Morgan fingerprint density at radius 2 is 1.81 bits per heavy atom. The van der Waals surface area contributed by atoms with Crippen LogP contribution in [0.1, 0.15) is 18.1 Å². The maximum atomic E-state index is 12.4. The van der Waals surface area contributed by atoms with Crippen molar-refractivity contribution in [1.82, 2.24) is 5.32 Å². The molecule has 0 saturated carbocycles. The summed E-state index contributed by atoms with van der Waals surface area (Å²) in [5.74, 6) is -0.597. The van der Waals surface area contributed by atoms with Gasteiger partial charge >= 0.3 is 6.18 Å². The van der Waals surface area contributed by atoms with Gasteiger partial charge in [0.05, 0.1) is 5.56 Å². The molecule has 0 bridgehead atoms. The van der Waals surface area contributed by atoms with E-state index in [1.165, 1.54) is 25.1 Å². The fourth-order valence-corrected chi connectivity index (χ4v) is 1.85. The second-order valence-corrected chi connectivity index (χ2v) is 6.32. The zero-order valence-electron chi connectivity index (χ0n) is 10.7. The van der Waals surface area contributed by atoms with Crippen LogP contribution in [0.25, 0.3) is 6.08 Å². The van der Waals surface area contributed by atoms with Gasteiger partial charge in [0.2, 0.25) is 6.23 Å². The molecular weight excluding hydrogens is 330 g/mol. The average molecular weight is 340 g/mol. The van der Waals surface area contributed by atoms with Gasteiger partial charge in [-0.15, -0.1) is 0 Å². The summed E-state index contributed by atoms with van der Waals surface area (Å²) in [6.45, 7) is 1.45. The molecule has 1 unspecified atom stereocenters. The third kappa shape index (κ3) is 3.83. The van der Waals surface area contributed by atoms with Gasteiger partial charge in [0, 0.05) is 0 Å². The van der Waals surface area contributed by atoms with E-state index >= 15 is 0 Å². The molecule has 2 rings (SSSR count). The number of alkyl halides is 5. The van der Waals surface area contributed by atoms with Crippen LogP contribution in [0.5, 0.6) is 0 Å². The number of hydrogen-bond acceptors (Lipinski definition) is 2. The topological polar surface area (TPSA) is 38.3 Å². The van der Waals surface area contributed by atoms with Crippen LogP contribution in [-0.4, -0.2) is 16.5 Å². The van der Waals surface area contributed by atoms with E-state index in [0.717, 1.165) is 12.1 Å². The Morgan fingerprint density at radius 3 is 2.24 bits per heavy atom. The largest absolute Gasteiger partial charge is 0.462 e. The van der Waals surface area contributed by atoms with Crippen molar-refractivity contribution >= 4 is 35.2 Å². The van der Waals surface area contributed by atoms with Crippen LogP contribution in [0.15, 0.2) is 30.0 Å². The molecule has 1 fully saturated rings. The molecule has 1 atom stereocenters. The summed E-state index contributed by atoms with van der Waals surface area (Å²) in [5.41, 5.74) is -0.381. The minimum atomic E-state index is -4.41. The molecule has 0 spiro atoms. The minimum Gasteiger partial charge on any atom is -0.462 e. The molecular formula is C13H10Cl2F3NO2. The van der Waals surface area contributed by atoms with E-state index in [4.69, 9.17) is 27.9 Å². The van der Waals surface area contributed by atoms with Crippen molar-refractivity contribution < 1.29 is 22.7 Å². The third-order valence-corrected chi connectivity index (χ3v) is 3.12. The fraction of sp³-hybridized carbons (Fsp3) is 0.308. The first-order valence-corrected chi connectivity index (χ1v) is 6.57. The van der Waals surface area contributed by atoms with Crippen LogP contribution in [0.2, 0.25) is 0 Å². The number of rotatable bonds is 2. The van der Waals surface area contributed by atoms with E-state index in [-0.39, 0.29) is 5.76 Å². The van der Waals surface area contributed by atoms with Gasteiger partial charge < -0.3 is 10.1 Å².